The fourth-order valence-corrected chi connectivity index (χ4v) is 3.23. The fourth-order valence-electron chi connectivity index (χ4n) is 2.38. The van der Waals surface area contributed by atoms with Gasteiger partial charge in [-0.25, -0.2) is 0 Å². The minimum absolute atomic E-state index is 0.00745. The van der Waals surface area contributed by atoms with Crippen LogP contribution in [0.1, 0.15) is 60.3 Å². The minimum atomic E-state index is -0.138. The summed E-state index contributed by atoms with van der Waals surface area (Å²) in [6.45, 7) is 13.7. The summed E-state index contributed by atoms with van der Waals surface area (Å²) < 4.78 is 17.7. The molecule has 0 saturated carbocycles. The van der Waals surface area contributed by atoms with E-state index in [1.807, 2.05) is 0 Å². The first-order chi connectivity index (χ1) is 16.4. The first-order valence-electron chi connectivity index (χ1n) is 12.4. The van der Waals surface area contributed by atoms with E-state index in [2.05, 4.69) is 43.5 Å². The summed E-state index contributed by atoms with van der Waals surface area (Å²) >= 11 is 1.72. The predicted molar refractivity (Wildman–Crippen MR) is 138 cm³/mol. The third-order valence-corrected chi connectivity index (χ3v) is 6.06. The van der Waals surface area contributed by atoms with E-state index in [0.717, 1.165) is 44.0 Å². The molecule has 0 aliphatic rings. The zero-order valence-electron chi connectivity index (χ0n) is 21.8. The van der Waals surface area contributed by atoms with E-state index in [0.29, 0.717) is 44.6 Å². The zero-order valence-corrected chi connectivity index (χ0v) is 22.6. The maximum Gasteiger partial charge on any atom is 0.223 e. The summed E-state index contributed by atoms with van der Waals surface area (Å²) in [7, 11) is 0. The molecule has 0 aromatic rings. The summed E-state index contributed by atoms with van der Waals surface area (Å²) in [5.74, 6) is 2.52. The molecule has 0 aromatic carbocycles. The number of amides is 2. The van der Waals surface area contributed by atoms with Gasteiger partial charge in [-0.2, -0.15) is 11.8 Å². The van der Waals surface area contributed by atoms with Gasteiger partial charge in [0.25, 0.3) is 0 Å². The molecule has 0 aromatic heterocycles. The van der Waals surface area contributed by atoms with Gasteiger partial charge in [0.15, 0.2) is 6.73 Å². The molecule has 2 unspecified atom stereocenters. The van der Waals surface area contributed by atoms with Gasteiger partial charge in [-0.05, 0) is 24.0 Å². The van der Waals surface area contributed by atoms with Crippen LogP contribution in [0.3, 0.4) is 0 Å². The standard InChI is InChI=1S/C24H47N3O6S/c1-6-20(3)15-30-17-23(18-31-16-21(4)7-2)32-12-8-13-34-14-9-24(29)26-19-33-27-11-10-25-22(5)28/h11,20-21,23H,6-10,12-19H2,1-5H3,(H,25,28)(H,26,29)/b27-11-. The molecule has 0 saturated heterocycles. The van der Waals surface area contributed by atoms with Gasteiger partial charge >= 0.3 is 0 Å². The highest BCUT2D eigenvalue weighted by molar-refractivity contribution is 7.99. The summed E-state index contributed by atoms with van der Waals surface area (Å²) in [4.78, 5) is 27.4. The highest BCUT2D eigenvalue weighted by atomic mass is 32.2. The zero-order chi connectivity index (χ0) is 25.4. The first kappa shape index (κ1) is 32.6. The Morgan fingerprint density at radius 3 is 2.21 bits per heavy atom. The van der Waals surface area contributed by atoms with Gasteiger partial charge in [0.05, 0.1) is 26.0 Å². The Kier molecular flexibility index (Phi) is 22.4. The maximum atomic E-state index is 11.8. The van der Waals surface area contributed by atoms with Crippen molar-refractivity contribution in [2.45, 2.75) is 66.4 Å². The number of nitrogens with zero attached hydrogens (tertiary/aromatic N) is 1. The molecule has 0 rings (SSSR count). The van der Waals surface area contributed by atoms with Crippen molar-refractivity contribution in [2.75, 3.05) is 57.8 Å². The van der Waals surface area contributed by atoms with E-state index in [1.165, 1.54) is 13.1 Å². The number of ether oxygens (including phenoxy) is 3. The molecule has 0 spiro atoms. The molecule has 34 heavy (non-hydrogen) atoms. The average molecular weight is 506 g/mol. The predicted octanol–water partition coefficient (Wildman–Crippen LogP) is 3.22. The van der Waals surface area contributed by atoms with Crippen molar-refractivity contribution in [1.82, 2.24) is 10.6 Å². The summed E-state index contributed by atoms with van der Waals surface area (Å²) in [5.41, 5.74) is 0. The Bertz CT molecular complexity index is 523. The summed E-state index contributed by atoms with van der Waals surface area (Å²) in [5, 5.41) is 8.82. The van der Waals surface area contributed by atoms with Crippen LogP contribution in [0.4, 0.5) is 0 Å². The van der Waals surface area contributed by atoms with Crippen molar-refractivity contribution >= 4 is 29.8 Å². The number of carbonyl (C=O) groups is 2. The van der Waals surface area contributed by atoms with Crippen LogP contribution in [-0.2, 0) is 28.6 Å². The molecule has 200 valence electrons. The van der Waals surface area contributed by atoms with Crippen molar-refractivity contribution in [2.24, 2.45) is 17.0 Å². The van der Waals surface area contributed by atoms with E-state index < -0.39 is 0 Å². The van der Waals surface area contributed by atoms with Gasteiger partial charge in [0.2, 0.25) is 11.8 Å². The number of rotatable bonds is 23. The molecule has 10 heteroatoms. The number of hydrogen-bond donors (Lipinski definition) is 2. The lowest BCUT2D eigenvalue weighted by Crippen LogP contribution is -2.28. The Balaban J connectivity index is 3.85. The van der Waals surface area contributed by atoms with Crippen LogP contribution < -0.4 is 10.6 Å². The van der Waals surface area contributed by atoms with Gasteiger partial charge in [0, 0.05) is 38.9 Å². The molecule has 0 radical (unpaired) electrons. The SMILES string of the molecule is CCC(C)COCC(COCC(C)CC)OCCCSCCC(=O)NCO/N=C\CNC(C)=O. The molecule has 2 amide bonds. The van der Waals surface area contributed by atoms with E-state index in [9.17, 15) is 9.59 Å². The Morgan fingerprint density at radius 1 is 0.971 bits per heavy atom. The third kappa shape index (κ3) is 22.4. The van der Waals surface area contributed by atoms with Gasteiger partial charge in [-0.3, -0.25) is 9.59 Å². The lowest BCUT2D eigenvalue weighted by Gasteiger charge is -2.20. The number of oxime groups is 1. The first-order valence-corrected chi connectivity index (χ1v) is 13.5. The topological polar surface area (TPSA) is 107 Å². The second-order valence-electron chi connectivity index (χ2n) is 8.41. The van der Waals surface area contributed by atoms with E-state index in [1.54, 1.807) is 11.8 Å². The molecule has 0 heterocycles. The Morgan fingerprint density at radius 2 is 1.62 bits per heavy atom. The Hall–Kier alpha value is -1.36. The highest BCUT2D eigenvalue weighted by Crippen LogP contribution is 2.08. The molecule has 0 aliphatic heterocycles. The van der Waals surface area contributed by atoms with Crippen LogP contribution in [0.15, 0.2) is 5.16 Å². The van der Waals surface area contributed by atoms with Gasteiger partial charge in [0.1, 0.15) is 6.10 Å². The van der Waals surface area contributed by atoms with Gasteiger partial charge in [-0.15, -0.1) is 0 Å². The van der Waals surface area contributed by atoms with Gasteiger partial charge in [-0.1, -0.05) is 45.7 Å². The second-order valence-corrected chi connectivity index (χ2v) is 9.63. The average Bonchev–Trinajstić information content (AvgIpc) is 2.81. The number of carbonyl (C=O) groups excluding carboxylic acids is 2. The maximum absolute atomic E-state index is 11.8. The van der Waals surface area contributed by atoms with Crippen LogP contribution in [0.5, 0.6) is 0 Å². The molecule has 0 fully saturated rings. The van der Waals surface area contributed by atoms with Crippen LogP contribution in [0.25, 0.3) is 0 Å². The molecule has 9 nitrogen and oxygen atoms in total. The van der Waals surface area contributed by atoms with E-state index in [4.69, 9.17) is 19.0 Å². The summed E-state index contributed by atoms with van der Waals surface area (Å²) in [6.07, 6.45) is 4.90. The smallest absolute Gasteiger partial charge is 0.223 e. The number of nitrogens with one attached hydrogen (secondary N) is 2. The lowest BCUT2D eigenvalue weighted by atomic mass is 10.1. The summed E-state index contributed by atoms with van der Waals surface area (Å²) in [6, 6.07) is 0. The largest absolute Gasteiger partial charge is 0.378 e. The molecule has 0 aliphatic carbocycles. The van der Waals surface area contributed by atoms with E-state index in [-0.39, 0.29) is 24.6 Å². The van der Waals surface area contributed by atoms with Crippen LogP contribution in [-0.4, -0.2) is 81.9 Å². The van der Waals surface area contributed by atoms with Crippen molar-refractivity contribution in [3.63, 3.8) is 0 Å². The molecule has 2 atom stereocenters. The van der Waals surface area contributed by atoms with Crippen LogP contribution in [0.2, 0.25) is 0 Å². The minimum Gasteiger partial charge on any atom is -0.378 e. The quantitative estimate of drug-likeness (QED) is 0.0950. The number of hydrogen-bond acceptors (Lipinski definition) is 8. The van der Waals surface area contributed by atoms with Crippen LogP contribution >= 0.6 is 11.8 Å². The van der Waals surface area contributed by atoms with Crippen molar-refractivity contribution in [3.8, 4) is 0 Å². The lowest BCUT2D eigenvalue weighted by molar-refractivity contribution is -0.122. The molecular weight excluding hydrogens is 458 g/mol. The number of thioether (sulfide) groups is 1. The second kappa shape index (κ2) is 23.4. The van der Waals surface area contributed by atoms with Crippen molar-refractivity contribution < 1.29 is 28.6 Å². The third-order valence-electron chi connectivity index (χ3n) is 4.99. The van der Waals surface area contributed by atoms with E-state index >= 15 is 0 Å². The van der Waals surface area contributed by atoms with Gasteiger partial charge < -0.3 is 29.7 Å². The van der Waals surface area contributed by atoms with Crippen molar-refractivity contribution in [3.05, 3.63) is 0 Å². The molecular formula is C24H47N3O6S. The fraction of sp³-hybridized carbons (Fsp3) is 0.875. The molecule has 2 N–H and O–H groups in total. The van der Waals surface area contributed by atoms with Crippen molar-refractivity contribution in [1.29, 1.82) is 0 Å². The molecule has 0 bridgehead atoms. The van der Waals surface area contributed by atoms with Crippen LogP contribution in [0, 0.1) is 11.8 Å². The monoisotopic (exact) mass is 505 g/mol. The normalized spacial score (nSPS) is 14.0. The Labute approximate surface area is 210 Å². The highest BCUT2D eigenvalue weighted by Gasteiger charge is 2.12.